The number of carbonyl (C=O) groups excluding carboxylic acids is 1. The number of aromatic nitrogens is 3. The van der Waals surface area contributed by atoms with Crippen molar-refractivity contribution >= 4 is 43.6 Å². The summed E-state index contributed by atoms with van der Waals surface area (Å²) in [7, 11) is 0. The second-order valence-electron chi connectivity index (χ2n) is 9.84. The zero-order valence-electron chi connectivity index (χ0n) is 20.5. The summed E-state index contributed by atoms with van der Waals surface area (Å²) in [5, 5.41) is 23.4. The van der Waals surface area contributed by atoms with Crippen LogP contribution in [-0.2, 0) is 16.8 Å². The van der Waals surface area contributed by atoms with Crippen molar-refractivity contribution in [3.63, 3.8) is 0 Å². The summed E-state index contributed by atoms with van der Waals surface area (Å²) < 4.78 is 8.49. The standard InChI is InChI=1S/C29H27BrN4O3/c1-19-15-22(30)8-9-24(19)34-17-26(31-32-34)29(36)11-4-13-33(14-12-29)27(35)16-21-18-37-25-10-7-20-5-2-3-6-23(20)28(21)25/h2-3,5-10,15,17-18,36H,4,11-14,16H2,1H3. The average molecular weight is 559 g/mol. The summed E-state index contributed by atoms with van der Waals surface area (Å²) in [5.74, 6) is 0.0361. The molecule has 0 radical (unpaired) electrons. The van der Waals surface area contributed by atoms with Gasteiger partial charge in [0.2, 0.25) is 5.91 Å². The number of furan rings is 1. The van der Waals surface area contributed by atoms with Gasteiger partial charge in [-0.05, 0) is 66.8 Å². The highest BCUT2D eigenvalue weighted by molar-refractivity contribution is 9.10. The fourth-order valence-corrected chi connectivity index (χ4v) is 5.85. The van der Waals surface area contributed by atoms with Gasteiger partial charge < -0.3 is 14.4 Å². The SMILES string of the molecule is Cc1cc(Br)ccc1-n1cc(C2(O)CCCN(C(=O)Cc3coc4ccc5ccccc5c34)CC2)nn1. The Hall–Kier alpha value is -3.49. The molecule has 1 fully saturated rings. The molecule has 2 aromatic heterocycles. The van der Waals surface area contributed by atoms with Crippen molar-refractivity contribution in [1.29, 1.82) is 0 Å². The Morgan fingerprint density at radius 1 is 1.14 bits per heavy atom. The molecule has 3 heterocycles. The van der Waals surface area contributed by atoms with Crippen LogP contribution >= 0.6 is 15.9 Å². The van der Waals surface area contributed by atoms with Crippen LogP contribution in [0.5, 0.6) is 0 Å². The lowest BCUT2D eigenvalue weighted by Gasteiger charge is -2.24. The van der Waals surface area contributed by atoms with Crippen LogP contribution < -0.4 is 0 Å². The van der Waals surface area contributed by atoms with Crippen molar-refractivity contribution in [2.24, 2.45) is 0 Å². The van der Waals surface area contributed by atoms with Crippen molar-refractivity contribution in [3.8, 4) is 5.69 Å². The summed E-state index contributed by atoms with van der Waals surface area (Å²) in [5.41, 5.74) is 3.05. The highest BCUT2D eigenvalue weighted by atomic mass is 79.9. The first kappa shape index (κ1) is 23.9. The number of amides is 1. The van der Waals surface area contributed by atoms with E-state index < -0.39 is 5.60 Å². The molecule has 6 rings (SSSR count). The number of carbonyl (C=O) groups is 1. The van der Waals surface area contributed by atoms with Gasteiger partial charge in [-0.15, -0.1) is 5.10 Å². The van der Waals surface area contributed by atoms with E-state index in [4.69, 9.17) is 4.42 Å². The summed E-state index contributed by atoms with van der Waals surface area (Å²) in [6.45, 7) is 3.06. The molecule has 1 amide bonds. The zero-order valence-corrected chi connectivity index (χ0v) is 22.1. The van der Waals surface area contributed by atoms with E-state index >= 15 is 0 Å². The maximum atomic E-state index is 13.4. The molecule has 0 spiro atoms. The van der Waals surface area contributed by atoms with Crippen LogP contribution in [0, 0.1) is 6.92 Å². The van der Waals surface area contributed by atoms with Crippen molar-refractivity contribution in [2.45, 2.75) is 38.2 Å². The third-order valence-electron chi connectivity index (χ3n) is 7.42. The van der Waals surface area contributed by atoms with Crippen LogP contribution in [-0.4, -0.2) is 44.0 Å². The van der Waals surface area contributed by atoms with Gasteiger partial charge in [-0.2, -0.15) is 0 Å². The molecule has 8 heteroatoms. The number of nitrogens with zero attached hydrogens (tertiary/aromatic N) is 4. The second kappa shape index (κ2) is 9.43. The minimum atomic E-state index is -1.13. The molecule has 0 aliphatic carbocycles. The van der Waals surface area contributed by atoms with E-state index in [9.17, 15) is 9.90 Å². The predicted octanol–water partition coefficient (Wildman–Crippen LogP) is 5.68. The van der Waals surface area contributed by atoms with Gasteiger partial charge in [-0.1, -0.05) is 51.5 Å². The maximum absolute atomic E-state index is 13.4. The van der Waals surface area contributed by atoms with Crippen LogP contribution in [0.4, 0.5) is 0 Å². The number of aryl methyl sites for hydroxylation is 1. The molecule has 1 atom stereocenters. The molecule has 5 aromatic rings. The van der Waals surface area contributed by atoms with Crippen LogP contribution in [0.25, 0.3) is 27.4 Å². The average Bonchev–Trinajstić information content (AvgIpc) is 3.49. The Morgan fingerprint density at radius 3 is 2.86 bits per heavy atom. The number of rotatable bonds is 4. The molecule has 1 saturated heterocycles. The van der Waals surface area contributed by atoms with Crippen LogP contribution in [0.2, 0.25) is 0 Å². The van der Waals surface area contributed by atoms with Crippen molar-refractivity contribution in [1.82, 2.24) is 19.9 Å². The van der Waals surface area contributed by atoms with Gasteiger partial charge >= 0.3 is 0 Å². The first-order valence-electron chi connectivity index (χ1n) is 12.5. The molecule has 1 aliphatic heterocycles. The number of hydrogen-bond donors (Lipinski definition) is 1. The minimum Gasteiger partial charge on any atom is -0.464 e. The van der Waals surface area contributed by atoms with E-state index in [0.717, 1.165) is 43.0 Å². The fourth-order valence-electron chi connectivity index (χ4n) is 5.37. The van der Waals surface area contributed by atoms with E-state index in [1.165, 1.54) is 0 Å². The normalized spacial score (nSPS) is 18.4. The van der Waals surface area contributed by atoms with Gasteiger partial charge in [0.05, 0.1) is 24.6 Å². The van der Waals surface area contributed by atoms with Crippen LogP contribution in [0.1, 0.15) is 36.1 Å². The number of likely N-dealkylation sites (tertiary alicyclic amines) is 1. The van der Waals surface area contributed by atoms with Gasteiger partial charge in [0.15, 0.2) is 0 Å². The molecule has 37 heavy (non-hydrogen) atoms. The highest BCUT2D eigenvalue weighted by Gasteiger charge is 2.36. The molecule has 188 valence electrons. The Morgan fingerprint density at radius 2 is 2.00 bits per heavy atom. The number of halogens is 1. The van der Waals surface area contributed by atoms with E-state index in [1.54, 1.807) is 17.1 Å². The van der Waals surface area contributed by atoms with Gasteiger partial charge in [-0.3, -0.25) is 4.79 Å². The Balaban J connectivity index is 1.19. The molecule has 7 nitrogen and oxygen atoms in total. The third-order valence-corrected chi connectivity index (χ3v) is 7.92. The summed E-state index contributed by atoms with van der Waals surface area (Å²) in [6.07, 6.45) is 5.38. The Kier molecular flexibility index (Phi) is 6.09. The van der Waals surface area contributed by atoms with E-state index in [-0.39, 0.29) is 12.3 Å². The lowest BCUT2D eigenvalue weighted by molar-refractivity contribution is -0.130. The molecular formula is C29H27BrN4O3. The number of hydrogen-bond acceptors (Lipinski definition) is 5. The largest absolute Gasteiger partial charge is 0.464 e. The summed E-state index contributed by atoms with van der Waals surface area (Å²) >= 11 is 3.49. The Labute approximate surface area is 222 Å². The summed E-state index contributed by atoms with van der Waals surface area (Å²) in [4.78, 5) is 15.2. The van der Waals surface area contributed by atoms with Gasteiger partial charge in [-0.25, -0.2) is 4.68 Å². The van der Waals surface area contributed by atoms with E-state index in [1.807, 2.05) is 54.3 Å². The van der Waals surface area contributed by atoms with E-state index in [2.05, 4.69) is 38.4 Å². The quantitative estimate of drug-likeness (QED) is 0.306. The van der Waals surface area contributed by atoms with Crippen molar-refractivity contribution in [2.75, 3.05) is 13.1 Å². The first-order valence-corrected chi connectivity index (χ1v) is 13.3. The van der Waals surface area contributed by atoms with E-state index in [0.29, 0.717) is 38.0 Å². The van der Waals surface area contributed by atoms with Crippen molar-refractivity contribution < 1.29 is 14.3 Å². The second-order valence-corrected chi connectivity index (χ2v) is 10.8. The van der Waals surface area contributed by atoms with Crippen molar-refractivity contribution in [3.05, 3.63) is 88.4 Å². The van der Waals surface area contributed by atoms with Crippen LogP contribution in [0.3, 0.4) is 0 Å². The molecule has 3 aromatic carbocycles. The number of aliphatic hydroxyl groups is 1. The van der Waals surface area contributed by atoms with Gasteiger partial charge in [0, 0.05) is 28.5 Å². The third kappa shape index (κ3) is 4.45. The smallest absolute Gasteiger partial charge is 0.227 e. The lowest BCUT2D eigenvalue weighted by Crippen LogP contribution is -2.34. The lowest BCUT2D eigenvalue weighted by atomic mass is 9.92. The molecule has 1 unspecified atom stereocenters. The number of benzene rings is 3. The first-order chi connectivity index (χ1) is 17.9. The fraction of sp³-hybridized carbons (Fsp3) is 0.276. The topological polar surface area (TPSA) is 84.4 Å². The minimum absolute atomic E-state index is 0.0361. The van der Waals surface area contributed by atoms with Crippen LogP contribution in [0.15, 0.2) is 75.9 Å². The van der Waals surface area contributed by atoms with Gasteiger partial charge in [0.1, 0.15) is 16.9 Å². The zero-order chi connectivity index (χ0) is 25.6. The molecule has 0 bridgehead atoms. The highest BCUT2D eigenvalue weighted by Crippen LogP contribution is 2.34. The number of fused-ring (bicyclic) bond motifs is 3. The molecular weight excluding hydrogens is 532 g/mol. The predicted molar refractivity (Wildman–Crippen MR) is 146 cm³/mol. The maximum Gasteiger partial charge on any atom is 0.227 e. The molecule has 1 aliphatic rings. The monoisotopic (exact) mass is 558 g/mol. The molecule has 0 saturated carbocycles. The summed E-state index contributed by atoms with van der Waals surface area (Å²) in [6, 6.07) is 18.1. The Bertz CT molecular complexity index is 1620. The van der Waals surface area contributed by atoms with Gasteiger partial charge in [0.25, 0.3) is 0 Å². The molecule has 1 N–H and O–H groups in total.